The molecule has 0 saturated heterocycles. The zero-order valence-electron chi connectivity index (χ0n) is 10.3. The van der Waals surface area contributed by atoms with Gasteiger partial charge in [0.25, 0.3) is 0 Å². The molecule has 1 aromatic rings. The van der Waals surface area contributed by atoms with E-state index in [1.54, 1.807) is 31.6 Å². The molecule has 1 aromatic heterocycles. The Labute approximate surface area is 95.9 Å². The highest BCUT2D eigenvalue weighted by Crippen LogP contribution is 2.12. The van der Waals surface area contributed by atoms with E-state index in [9.17, 15) is 0 Å². The van der Waals surface area contributed by atoms with Gasteiger partial charge in [0.15, 0.2) is 6.29 Å². The molecular formula is C10H20N4O2. The minimum atomic E-state index is -0.287. The largest absolute Gasteiger partial charge is 0.354 e. The maximum Gasteiger partial charge on any atom is 0.178 e. The Bertz CT molecular complexity index is 272. The van der Waals surface area contributed by atoms with Crippen molar-refractivity contribution >= 4 is 0 Å². The Morgan fingerprint density at radius 3 is 2.19 bits per heavy atom. The first kappa shape index (κ1) is 12.9. The summed E-state index contributed by atoms with van der Waals surface area (Å²) in [4.78, 5) is 0. The fraction of sp³-hybridized carbons (Fsp3) is 0.800. The number of ether oxygens (including phenoxy) is 2. The van der Waals surface area contributed by atoms with Crippen LogP contribution in [0.1, 0.15) is 20.3 Å². The summed E-state index contributed by atoms with van der Waals surface area (Å²) >= 11 is 0. The van der Waals surface area contributed by atoms with E-state index >= 15 is 0 Å². The van der Waals surface area contributed by atoms with E-state index < -0.39 is 0 Å². The lowest BCUT2D eigenvalue weighted by atomic mass is 10.0. The van der Waals surface area contributed by atoms with Gasteiger partial charge in [-0.3, -0.25) is 0 Å². The van der Waals surface area contributed by atoms with Crippen LogP contribution in [-0.2, 0) is 9.47 Å². The van der Waals surface area contributed by atoms with Crippen molar-refractivity contribution < 1.29 is 9.47 Å². The fourth-order valence-corrected chi connectivity index (χ4v) is 1.62. The number of hydrogen-bond acceptors (Lipinski definition) is 5. The van der Waals surface area contributed by atoms with Crippen molar-refractivity contribution in [3.05, 3.63) is 12.7 Å². The van der Waals surface area contributed by atoms with E-state index in [4.69, 9.17) is 9.47 Å². The summed E-state index contributed by atoms with van der Waals surface area (Å²) in [6.45, 7) is 4.31. The van der Waals surface area contributed by atoms with Crippen LogP contribution in [0.4, 0.5) is 0 Å². The van der Waals surface area contributed by atoms with E-state index in [0.29, 0.717) is 5.92 Å². The van der Waals surface area contributed by atoms with Crippen LogP contribution in [0.3, 0.4) is 0 Å². The summed E-state index contributed by atoms with van der Waals surface area (Å²) in [5, 5.41) is 7.47. The number of rotatable bonds is 7. The van der Waals surface area contributed by atoms with Gasteiger partial charge in [0, 0.05) is 14.2 Å². The number of methoxy groups -OCH3 is 2. The lowest BCUT2D eigenvalue weighted by molar-refractivity contribution is -0.116. The van der Waals surface area contributed by atoms with Crippen LogP contribution in [0.2, 0.25) is 0 Å². The van der Waals surface area contributed by atoms with Gasteiger partial charge in [0.2, 0.25) is 0 Å². The van der Waals surface area contributed by atoms with Gasteiger partial charge in [-0.1, -0.05) is 13.8 Å². The Balaban J connectivity index is 2.62. The molecule has 0 aliphatic rings. The molecule has 0 spiro atoms. The quantitative estimate of drug-likeness (QED) is 0.701. The lowest BCUT2D eigenvalue weighted by Gasteiger charge is -2.27. The maximum atomic E-state index is 5.27. The molecule has 6 heteroatoms. The first-order chi connectivity index (χ1) is 7.67. The molecule has 0 aliphatic carbocycles. The molecular weight excluding hydrogens is 208 g/mol. The van der Waals surface area contributed by atoms with Crippen molar-refractivity contribution in [1.29, 1.82) is 0 Å². The predicted octanol–water partition coefficient (Wildman–Crippen LogP) is 0.855. The summed E-state index contributed by atoms with van der Waals surface area (Å²) in [7, 11) is 3.27. The SMILES string of the molecule is COC(OC)[C@@H](CC(C)C)Nn1cnnc1. The second-order valence-electron chi connectivity index (χ2n) is 4.07. The normalized spacial score (nSPS) is 13.4. The van der Waals surface area contributed by atoms with Gasteiger partial charge >= 0.3 is 0 Å². The van der Waals surface area contributed by atoms with Gasteiger partial charge in [-0.15, -0.1) is 10.2 Å². The average Bonchev–Trinajstić information content (AvgIpc) is 2.71. The zero-order chi connectivity index (χ0) is 12.0. The van der Waals surface area contributed by atoms with E-state index in [1.807, 2.05) is 0 Å². The molecule has 16 heavy (non-hydrogen) atoms. The standard InChI is InChI=1S/C10H20N4O2/c1-8(2)5-9(10(15-3)16-4)13-14-6-11-12-7-14/h6-10,13H,5H2,1-4H3/t9-/m1/s1. The van der Waals surface area contributed by atoms with E-state index in [2.05, 4.69) is 29.5 Å². The molecule has 0 bridgehead atoms. The Kier molecular flexibility index (Phi) is 5.21. The molecule has 0 aromatic carbocycles. The molecule has 1 atom stereocenters. The van der Waals surface area contributed by atoms with Gasteiger partial charge in [-0.05, 0) is 12.3 Å². The van der Waals surface area contributed by atoms with Gasteiger partial charge in [-0.25, -0.2) is 4.68 Å². The minimum Gasteiger partial charge on any atom is -0.354 e. The number of aromatic nitrogens is 3. The highest BCUT2D eigenvalue weighted by molar-refractivity contribution is 4.85. The van der Waals surface area contributed by atoms with E-state index in [-0.39, 0.29) is 12.3 Å². The van der Waals surface area contributed by atoms with Gasteiger partial charge in [0.05, 0.1) is 6.04 Å². The monoisotopic (exact) mass is 228 g/mol. The maximum absolute atomic E-state index is 5.27. The van der Waals surface area contributed by atoms with Crippen molar-refractivity contribution in [3.8, 4) is 0 Å². The Hall–Kier alpha value is -1.14. The molecule has 0 radical (unpaired) electrons. The summed E-state index contributed by atoms with van der Waals surface area (Å²) < 4.78 is 12.3. The van der Waals surface area contributed by atoms with E-state index in [1.165, 1.54) is 0 Å². The number of nitrogens with zero attached hydrogens (tertiary/aromatic N) is 3. The van der Waals surface area contributed by atoms with Gasteiger partial charge in [-0.2, -0.15) is 0 Å². The van der Waals surface area contributed by atoms with Crippen LogP contribution in [0, 0.1) is 5.92 Å². The van der Waals surface area contributed by atoms with Crippen LogP contribution in [0.15, 0.2) is 12.7 Å². The summed E-state index contributed by atoms with van der Waals surface area (Å²) in [6, 6.07) is 0.0611. The third-order valence-corrected chi connectivity index (χ3v) is 2.25. The minimum absolute atomic E-state index is 0.0611. The molecule has 0 unspecified atom stereocenters. The van der Waals surface area contributed by atoms with Crippen LogP contribution >= 0.6 is 0 Å². The van der Waals surface area contributed by atoms with Gasteiger partial charge < -0.3 is 14.9 Å². The smallest absolute Gasteiger partial charge is 0.178 e. The number of hydrogen-bond donors (Lipinski definition) is 1. The summed E-state index contributed by atoms with van der Waals surface area (Å²) in [5.74, 6) is 0.543. The second kappa shape index (κ2) is 6.44. The highest BCUT2D eigenvalue weighted by atomic mass is 16.7. The molecule has 0 fully saturated rings. The van der Waals surface area contributed by atoms with Crippen molar-refractivity contribution in [2.45, 2.75) is 32.6 Å². The lowest BCUT2D eigenvalue weighted by Crippen LogP contribution is -2.41. The molecule has 1 heterocycles. The van der Waals surface area contributed by atoms with Crippen molar-refractivity contribution in [3.63, 3.8) is 0 Å². The van der Waals surface area contributed by atoms with Crippen LogP contribution in [-0.4, -0.2) is 41.4 Å². The summed E-state index contributed by atoms with van der Waals surface area (Å²) in [5.41, 5.74) is 3.23. The molecule has 6 nitrogen and oxygen atoms in total. The van der Waals surface area contributed by atoms with E-state index in [0.717, 1.165) is 6.42 Å². The van der Waals surface area contributed by atoms with Crippen LogP contribution in [0.25, 0.3) is 0 Å². The van der Waals surface area contributed by atoms with Crippen molar-refractivity contribution in [2.75, 3.05) is 19.6 Å². The van der Waals surface area contributed by atoms with Crippen molar-refractivity contribution in [1.82, 2.24) is 14.9 Å². The zero-order valence-corrected chi connectivity index (χ0v) is 10.3. The molecule has 0 saturated carbocycles. The molecule has 0 aliphatic heterocycles. The van der Waals surface area contributed by atoms with Crippen molar-refractivity contribution in [2.24, 2.45) is 5.92 Å². The molecule has 0 amide bonds. The number of nitrogens with one attached hydrogen (secondary N) is 1. The molecule has 92 valence electrons. The first-order valence-electron chi connectivity index (χ1n) is 5.34. The molecule has 1 N–H and O–H groups in total. The van der Waals surface area contributed by atoms with Gasteiger partial charge in [0.1, 0.15) is 12.7 Å². The summed E-state index contributed by atoms with van der Waals surface area (Å²) in [6.07, 6.45) is 3.86. The average molecular weight is 228 g/mol. The Morgan fingerprint density at radius 1 is 1.19 bits per heavy atom. The Morgan fingerprint density at radius 2 is 1.75 bits per heavy atom. The fourth-order valence-electron chi connectivity index (χ4n) is 1.62. The van der Waals surface area contributed by atoms with Crippen LogP contribution in [0.5, 0.6) is 0 Å². The first-order valence-corrected chi connectivity index (χ1v) is 5.34. The highest BCUT2D eigenvalue weighted by Gasteiger charge is 2.22. The third kappa shape index (κ3) is 3.79. The predicted molar refractivity (Wildman–Crippen MR) is 60.4 cm³/mol. The van der Waals surface area contributed by atoms with Crippen LogP contribution < -0.4 is 5.43 Å². The molecule has 1 rings (SSSR count). The third-order valence-electron chi connectivity index (χ3n) is 2.25. The second-order valence-corrected chi connectivity index (χ2v) is 4.07. The topological polar surface area (TPSA) is 61.2 Å².